The fourth-order valence-electron chi connectivity index (χ4n) is 3.83. The predicted octanol–water partition coefficient (Wildman–Crippen LogP) is 4.52. The van der Waals surface area contributed by atoms with E-state index in [1.165, 1.54) is 5.56 Å². The highest BCUT2D eigenvalue weighted by molar-refractivity contribution is 9.10. The number of piperazine rings is 1. The van der Waals surface area contributed by atoms with E-state index in [0.717, 1.165) is 32.4 Å². The second-order valence-electron chi connectivity index (χ2n) is 7.70. The summed E-state index contributed by atoms with van der Waals surface area (Å²) >= 11 is 9.44. The third-order valence-electron chi connectivity index (χ3n) is 5.57. The van der Waals surface area contributed by atoms with Gasteiger partial charge in [0.2, 0.25) is 5.88 Å². The second-order valence-corrected chi connectivity index (χ2v) is 8.87. The van der Waals surface area contributed by atoms with E-state index in [4.69, 9.17) is 16.3 Å². The van der Waals surface area contributed by atoms with E-state index in [1.807, 2.05) is 6.07 Å². The maximum Gasteiger partial charge on any atom is 0.225 e. The predicted molar refractivity (Wildman–Crippen MR) is 122 cm³/mol. The van der Waals surface area contributed by atoms with Crippen molar-refractivity contribution in [2.24, 2.45) is 0 Å². The third kappa shape index (κ3) is 4.77. The Morgan fingerprint density at radius 1 is 1.32 bits per heavy atom. The molecule has 0 saturated carbocycles. The molecule has 2 aromatic carbocycles. The first-order chi connectivity index (χ1) is 15.0. The van der Waals surface area contributed by atoms with Crippen LogP contribution in [0.3, 0.4) is 0 Å². The Kier molecular flexibility index (Phi) is 6.91. The molecule has 164 valence electrons. The molecule has 2 N–H and O–H groups in total. The number of benzene rings is 2. The minimum absolute atomic E-state index is 0.0440. The minimum atomic E-state index is -0.662. The molecular formula is C22H23BrClFN4O2. The molecule has 1 saturated heterocycles. The number of hydrogen-bond donors (Lipinski definition) is 2. The first-order valence-corrected chi connectivity index (χ1v) is 11.3. The van der Waals surface area contributed by atoms with Gasteiger partial charge in [-0.1, -0.05) is 41.9 Å². The van der Waals surface area contributed by atoms with Crippen molar-refractivity contribution < 1.29 is 14.2 Å². The molecule has 3 aromatic rings. The summed E-state index contributed by atoms with van der Waals surface area (Å²) < 4.78 is 20.5. The number of aromatic hydroxyl groups is 1. The number of rotatable bonds is 6. The van der Waals surface area contributed by atoms with Crippen molar-refractivity contribution in [2.75, 3.05) is 19.7 Å². The van der Waals surface area contributed by atoms with Crippen molar-refractivity contribution in [1.29, 1.82) is 0 Å². The van der Waals surface area contributed by atoms with Gasteiger partial charge in [0.25, 0.3) is 0 Å². The van der Waals surface area contributed by atoms with Crippen LogP contribution in [0, 0.1) is 5.82 Å². The van der Waals surface area contributed by atoms with Crippen LogP contribution in [0.4, 0.5) is 4.39 Å². The summed E-state index contributed by atoms with van der Waals surface area (Å²) in [7, 11) is 0. The van der Waals surface area contributed by atoms with Gasteiger partial charge in [-0.15, -0.1) is 0 Å². The van der Waals surface area contributed by atoms with Crippen LogP contribution >= 0.6 is 27.5 Å². The summed E-state index contributed by atoms with van der Waals surface area (Å²) in [6.45, 7) is 5.22. The van der Waals surface area contributed by atoms with Crippen molar-refractivity contribution in [3.05, 3.63) is 57.5 Å². The van der Waals surface area contributed by atoms with E-state index in [9.17, 15) is 9.50 Å². The van der Waals surface area contributed by atoms with Crippen LogP contribution in [-0.4, -0.2) is 51.8 Å². The van der Waals surface area contributed by atoms with E-state index in [0.29, 0.717) is 12.6 Å². The highest BCUT2D eigenvalue weighted by atomic mass is 79.9. The normalized spacial score (nSPS) is 19.6. The topological polar surface area (TPSA) is 70.5 Å². The molecule has 0 aliphatic carbocycles. The molecule has 0 unspecified atom stereocenters. The summed E-state index contributed by atoms with van der Waals surface area (Å²) in [5, 5.41) is 13.8. The minimum Gasteiger partial charge on any atom is -0.493 e. The first-order valence-electron chi connectivity index (χ1n) is 10.1. The van der Waals surface area contributed by atoms with Gasteiger partial charge in [-0.2, -0.15) is 0 Å². The molecule has 2 heterocycles. The Balaban J connectivity index is 1.44. The molecule has 31 heavy (non-hydrogen) atoms. The van der Waals surface area contributed by atoms with Gasteiger partial charge in [-0.3, -0.25) is 4.90 Å². The van der Waals surface area contributed by atoms with Crippen molar-refractivity contribution >= 4 is 38.4 Å². The van der Waals surface area contributed by atoms with Crippen LogP contribution in [0.25, 0.3) is 10.9 Å². The average molecular weight is 510 g/mol. The number of ether oxygens (including phenoxy) is 1. The van der Waals surface area contributed by atoms with E-state index in [1.54, 1.807) is 0 Å². The number of aromatic nitrogens is 2. The van der Waals surface area contributed by atoms with Crippen LogP contribution < -0.4 is 10.1 Å². The fourth-order valence-corrected chi connectivity index (χ4v) is 4.43. The van der Waals surface area contributed by atoms with E-state index >= 15 is 0 Å². The zero-order valence-electron chi connectivity index (χ0n) is 17.0. The summed E-state index contributed by atoms with van der Waals surface area (Å²) in [4.78, 5) is 10.1. The number of halogens is 3. The molecule has 4 rings (SSSR count). The quantitative estimate of drug-likeness (QED) is 0.476. The highest BCUT2D eigenvalue weighted by Crippen LogP contribution is 2.43. The fraction of sp³-hybridized carbons (Fsp3) is 0.364. The Hall–Kier alpha value is -2.00. The lowest BCUT2D eigenvalue weighted by atomic mass is 10.1. The summed E-state index contributed by atoms with van der Waals surface area (Å²) in [5.74, 6) is -0.857. The van der Waals surface area contributed by atoms with Gasteiger partial charge in [0.1, 0.15) is 22.3 Å². The highest BCUT2D eigenvalue weighted by Gasteiger charge is 2.26. The second kappa shape index (κ2) is 9.65. The molecule has 1 aromatic heterocycles. The maximum absolute atomic E-state index is 14.5. The number of nitrogens with zero attached hydrogens (tertiary/aromatic N) is 3. The molecule has 0 radical (unpaired) electrons. The first kappa shape index (κ1) is 22.2. The lowest BCUT2D eigenvalue weighted by molar-refractivity contribution is 0.122. The molecule has 0 spiro atoms. The standard InChI is InChI=1S/C22H23BrClFN4O2/c1-13-9-26-15(11-29(13)10-14-5-3-2-4-6-14)7-8-31-21-16-20(27-12-28-22(16)30)19(25)17(23)18(21)24/h2-6,12-13,15,26H,7-11H2,1H3,(H,27,28,30)/t13-,15-/m1/s1. The van der Waals surface area contributed by atoms with E-state index in [-0.39, 0.29) is 38.1 Å². The third-order valence-corrected chi connectivity index (χ3v) is 6.90. The number of nitrogens with one attached hydrogen (secondary N) is 1. The molecule has 1 fully saturated rings. The van der Waals surface area contributed by atoms with Crippen LogP contribution in [0.5, 0.6) is 11.6 Å². The van der Waals surface area contributed by atoms with Crippen molar-refractivity contribution in [2.45, 2.75) is 32.0 Å². The molecule has 1 aliphatic heterocycles. The molecule has 9 heteroatoms. The van der Waals surface area contributed by atoms with Gasteiger partial charge in [0.15, 0.2) is 11.6 Å². The SMILES string of the molecule is C[C@@H]1CN[C@H](CCOc2c(Cl)c(Br)c(F)c3ncnc(O)c23)CN1Cc1ccccc1. The summed E-state index contributed by atoms with van der Waals surface area (Å²) in [6, 6.07) is 11.1. The number of fused-ring (bicyclic) bond motifs is 1. The molecule has 2 atom stereocenters. The Bertz CT molecular complexity index is 1070. The number of hydrogen-bond acceptors (Lipinski definition) is 6. The Morgan fingerprint density at radius 3 is 2.87 bits per heavy atom. The van der Waals surface area contributed by atoms with Crippen LogP contribution in [0.15, 0.2) is 41.1 Å². The van der Waals surface area contributed by atoms with Crippen molar-refractivity contribution in [1.82, 2.24) is 20.2 Å². The van der Waals surface area contributed by atoms with Gasteiger partial charge in [0, 0.05) is 31.7 Å². The lowest BCUT2D eigenvalue weighted by Crippen LogP contribution is -2.55. The zero-order valence-corrected chi connectivity index (χ0v) is 19.3. The van der Waals surface area contributed by atoms with E-state index in [2.05, 4.69) is 67.3 Å². The molecule has 0 amide bonds. The van der Waals surface area contributed by atoms with Crippen LogP contribution in [0.2, 0.25) is 5.02 Å². The maximum atomic E-state index is 14.5. The monoisotopic (exact) mass is 508 g/mol. The summed E-state index contributed by atoms with van der Waals surface area (Å²) in [5.41, 5.74) is 1.24. The van der Waals surface area contributed by atoms with Crippen molar-refractivity contribution in [3.8, 4) is 11.6 Å². The van der Waals surface area contributed by atoms with E-state index < -0.39 is 5.82 Å². The molecule has 0 bridgehead atoms. The smallest absolute Gasteiger partial charge is 0.225 e. The van der Waals surface area contributed by atoms with Gasteiger partial charge < -0.3 is 15.2 Å². The molecule has 1 aliphatic rings. The average Bonchev–Trinajstić information content (AvgIpc) is 2.77. The zero-order chi connectivity index (χ0) is 22.0. The van der Waals surface area contributed by atoms with Crippen LogP contribution in [-0.2, 0) is 6.54 Å². The lowest BCUT2D eigenvalue weighted by Gasteiger charge is -2.39. The van der Waals surface area contributed by atoms with Gasteiger partial charge in [0.05, 0.1) is 11.1 Å². The molecule has 6 nitrogen and oxygen atoms in total. The Morgan fingerprint density at radius 2 is 2.10 bits per heavy atom. The Labute approximate surface area is 193 Å². The van der Waals surface area contributed by atoms with Gasteiger partial charge >= 0.3 is 0 Å². The van der Waals surface area contributed by atoms with Gasteiger partial charge in [-0.05, 0) is 34.8 Å². The van der Waals surface area contributed by atoms with Crippen LogP contribution in [0.1, 0.15) is 18.9 Å². The molecular weight excluding hydrogens is 487 g/mol. The largest absolute Gasteiger partial charge is 0.493 e. The van der Waals surface area contributed by atoms with Crippen molar-refractivity contribution in [3.63, 3.8) is 0 Å². The summed E-state index contributed by atoms with van der Waals surface area (Å²) in [6.07, 6.45) is 1.82. The van der Waals surface area contributed by atoms with Gasteiger partial charge in [-0.25, -0.2) is 14.4 Å².